The number of rotatable bonds is 8. The van der Waals surface area contributed by atoms with Gasteiger partial charge < -0.3 is 11.1 Å². The molecule has 3 N–H and O–H groups in total. The summed E-state index contributed by atoms with van der Waals surface area (Å²) < 4.78 is 1.82. The van der Waals surface area contributed by atoms with Gasteiger partial charge in [0.1, 0.15) is 0 Å². The molecule has 0 amide bonds. The molecule has 7 heteroatoms. The number of nitrogen functional groups attached to an aromatic ring is 1. The Hall–Kier alpha value is -4.78. The number of nitrogens with one attached hydrogen (secondary N) is 1. The number of carbonyl (C=O) groups excluding carboxylic acids is 1. The lowest BCUT2D eigenvalue weighted by Crippen LogP contribution is -2.05. The number of carbonyl (C=O) groups is 1. The van der Waals surface area contributed by atoms with Crippen molar-refractivity contribution in [1.29, 1.82) is 0 Å². The Labute approximate surface area is 203 Å². The van der Waals surface area contributed by atoms with Gasteiger partial charge in [0.05, 0.1) is 17.9 Å². The Morgan fingerprint density at radius 1 is 0.800 bits per heavy atom. The highest BCUT2D eigenvalue weighted by molar-refractivity contribution is 5.89. The van der Waals surface area contributed by atoms with Crippen molar-refractivity contribution in [2.45, 2.75) is 13.1 Å². The molecule has 7 nitrogen and oxygen atoms in total. The number of hydrogen-bond acceptors (Lipinski definition) is 6. The maximum Gasteiger partial charge on any atom is 0.182 e. The van der Waals surface area contributed by atoms with E-state index in [1.54, 1.807) is 18.2 Å². The van der Waals surface area contributed by atoms with Gasteiger partial charge >= 0.3 is 0 Å². The van der Waals surface area contributed by atoms with Crippen LogP contribution in [0.4, 0.5) is 11.4 Å². The molecule has 0 fully saturated rings. The van der Waals surface area contributed by atoms with E-state index in [0.29, 0.717) is 30.0 Å². The SMILES string of the molecule is Nc1cccc(C=O)c1NCc1ccc(-c2ccccc2-c2nnnn2Cc2ccccc2)cc1. The van der Waals surface area contributed by atoms with Crippen molar-refractivity contribution in [2.75, 3.05) is 11.1 Å². The Morgan fingerprint density at radius 3 is 2.31 bits per heavy atom. The molecule has 172 valence electrons. The summed E-state index contributed by atoms with van der Waals surface area (Å²) in [4.78, 5) is 11.3. The maximum atomic E-state index is 11.3. The number of para-hydroxylation sites is 1. The van der Waals surface area contributed by atoms with Crippen LogP contribution in [0.25, 0.3) is 22.5 Å². The monoisotopic (exact) mass is 460 g/mol. The molecule has 0 saturated carbocycles. The Morgan fingerprint density at radius 2 is 1.54 bits per heavy atom. The molecule has 0 aliphatic heterocycles. The normalized spacial score (nSPS) is 10.7. The molecular formula is C28H24N6O. The van der Waals surface area contributed by atoms with Gasteiger partial charge in [-0.15, -0.1) is 5.10 Å². The summed E-state index contributed by atoms with van der Waals surface area (Å²) in [5.74, 6) is 0.719. The maximum absolute atomic E-state index is 11.3. The van der Waals surface area contributed by atoms with Crippen molar-refractivity contribution in [3.63, 3.8) is 0 Å². The van der Waals surface area contributed by atoms with E-state index < -0.39 is 0 Å². The van der Waals surface area contributed by atoms with Gasteiger partial charge in [0.25, 0.3) is 0 Å². The third-order valence-electron chi connectivity index (χ3n) is 5.87. The second-order valence-electron chi connectivity index (χ2n) is 8.17. The molecule has 5 aromatic rings. The molecule has 0 saturated heterocycles. The van der Waals surface area contributed by atoms with Crippen molar-refractivity contribution >= 4 is 17.7 Å². The predicted octanol–water partition coefficient (Wildman–Crippen LogP) is 5.06. The molecule has 5 rings (SSSR count). The number of hydrogen-bond donors (Lipinski definition) is 2. The van der Waals surface area contributed by atoms with Crippen LogP contribution >= 0.6 is 0 Å². The number of anilines is 2. The summed E-state index contributed by atoms with van der Waals surface area (Å²) in [6.45, 7) is 1.14. The zero-order valence-corrected chi connectivity index (χ0v) is 19.0. The van der Waals surface area contributed by atoms with Gasteiger partial charge in [-0.3, -0.25) is 4.79 Å². The van der Waals surface area contributed by atoms with Gasteiger partial charge in [0.15, 0.2) is 12.1 Å². The third kappa shape index (κ3) is 4.79. The van der Waals surface area contributed by atoms with Gasteiger partial charge in [0.2, 0.25) is 0 Å². The molecule has 0 atom stereocenters. The molecule has 4 aromatic carbocycles. The Kier molecular flexibility index (Phi) is 6.30. The number of tetrazole rings is 1. The molecule has 0 aliphatic carbocycles. The molecule has 1 heterocycles. The molecular weight excluding hydrogens is 436 g/mol. The third-order valence-corrected chi connectivity index (χ3v) is 5.87. The van der Waals surface area contributed by atoms with Crippen LogP contribution in [-0.2, 0) is 13.1 Å². The van der Waals surface area contributed by atoms with Crippen LogP contribution in [-0.4, -0.2) is 26.5 Å². The Balaban J connectivity index is 1.38. The van der Waals surface area contributed by atoms with Crippen molar-refractivity contribution in [1.82, 2.24) is 20.2 Å². The number of nitrogens with zero attached hydrogens (tertiary/aromatic N) is 4. The summed E-state index contributed by atoms with van der Waals surface area (Å²) in [5.41, 5.74) is 13.1. The lowest BCUT2D eigenvalue weighted by Gasteiger charge is -2.13. The largest absolute Gasteiger partial charge is 0.397 e. The van der Waals surface area contributed by atoms with Gasteiger partial charge in [-0.2, -0.15) is 0 Å². The lowest BCUT2D eigenvalue weighted by atomic mass is 9.98. The van der Waals surface area contributed by atoms with E-state index >= 15 is 0 Å². The van der Waals surface area contributed by atoms with Crippen molar-refractivity contribution in [2.24, 2.45) is 0 Å². The minimum absolute atomic E-state index is 0.545. The highest BCUT2D eigenvalue weighted by atomic mass is 16.1. The molecule has 0 aliphatic rings. The minimum Gasteiger partial charge on any atom is -0.397 e. The average molecular weight is 461 g/mol. The molecule has 1 aromatic heterocycles. The summed E-state index contributed by atoms with van der Waals surface area (Å²) in [6.07, 6.45) is 0.810. The first kappa shape index (κ1) is 22.0. The summed E-state index contributed by atoms with van der Waals surface area (Å²) in [7, 11) is 0. The molecule has 0 bridgehead atoms. The highest BCUT2D eigenvalue weighted by Gasteiger charge is 2.14. The topological polar surface area (TPSA) is 98.7 Å². The fraction of sp³-hybridized carbons (Fsp3) is 0.0714. The smallest absolute Gasteiger partial charge is 0.182 e. The van der Waals surface area contributed by atoms with E-state index in [1.807, 2.05) is 41.1 Å². The average Bonchev–Trinajstić information content (AvgIpc) is 3.36. The van der Waals surface area contributed by atoms with Crippen LogP contribution in [0, 0.1) is 0 Å². The van der Waals surface area contributed by atoms with Gasteiger partial charge in [-0.05, 0) is 44.8 Å². The number of nitrogens with two attached hydrogens (primary N) is 1. The van der Waals surface area contributed by atoms with Gasteiger partial charge in [-0.25, -0.2) is 4.68 Å². The van der Waals surface area contributed by atoms with Crippen LogP contribution in [0.3, 0.4) is 0 Å². The van der Waals surface area contributed by atoms with E-state index in [1.165, 1.54) is 0 Å². The minimum atomic E-state index is 0.545. The highest BCUT2D eigenvalue weighted by Crippen LogP contribution is 2.31. The van der Waals surface area contributed by atoms with Crippen LogP contribution in [0.1, 0.15) is 21.5 Å². The first-order chi connectivity index (χ1) is 17.2. The molecule has 0 unspecified atom stereocenters. The summed E-state index contributed by atoms with van der Waals surface area (Å²) >= 11 is 0. The van der Waals surface area contributed by atoms with E-state index in [4.69, 9.17) is 5.73 Å². The quantitative estimate of drug-likeness (QED) is 0.248. The van der Waals surface area contributed by atoms with Crippen LogP contribution in [0.15, 0.2) is 97.1 Å². The second-order valence-corrected chi connectivity index (χ2v) is 8.17. The van der Waals surface area contributed by atoms with E-state index in [-0.39, 0.29) is 0 Å². The zero-order chi connectivity index (χ0) is 24.0. The predicted molar refractivity (Wildman–Crippen MR) is 138 cm³/mol. The number of aldehydes is 1. The van der Waals surface area contributed by atoms with E-state index in [9.17, 15) is 4.79 Å². The number of aromatic nitrogens is 4. The van der Waals surface area contributed by atoms with Crippen molar-refractivity contribution in [3.05, 3.63) is 114 Å². The number of benzene rings is 4. The standard InChI is InChI=1S/C28H24N6O/c29-26-12-6-9-23(19-35)27(26)30-17-20-13-15-22(16-14-20)24-10-4-5-11-25(24)28-31-32-33-34(28)18-21-7-2-1-3-8-21/h1-16,19,30H,17-18,29H2. The van der Waals surface area contributed by atoms with Crippen LogP contribution < -0.4 is 11.1 Å². The van der Waals surface area contributed by atoms with Crippen molar-refractivity contribution < 1.29 is 4.79 Å². The van der Waals surface area contributed by atoms with Crippen LogP contribution in [0.5, 0.6) is 0 Å². The Bertz CT molecular complexity index is 1440. The van der Waals surface area contributed by atoms with E-state index in [2.05, 4.69) is 63.3 Å². The summed E-state index contributed by atoms with van der Waals surface area (Å²) in [6, 6.07) is 31.8. The molecule has 35 heavy (non-hydrogen) atoms. The molecule has 0 spiro atoms. The summed E-state index contributed by atoms with van der Waals surface area (Å²) in [5, 5.41) is 15.8. The fourth-order valence-electron chi connectivity index (χ4n) is 4.07. The van der Waals surface area contributed by atoms with Crippen molar-refractivity contribution in [3.8, 4) is 22.5 Å². The first-order valence-corrected chi connectivity index (χ1v) is 11.3. The van der Waals surface area contributed by atoms with E-state index in [0.717, 1.165) is 39.9 Å². The van der Waals surface area contributed by atoms with Crippen LogP contribution in [0.2, 0.25) is 0 Å². The molecule has 0 radical (unpaired) electrons. The van der Waals surface area contributed by atoms with Gasteiger partial charge in [0, 0.05) is 17.7 Å². The zero-order valence-electron chi connectivity index (χ0n) is 19.0. The first-order valence-electron chi connectivity index (χ1n) is 11.3. The fourth-order valence-corrected chi connectivity index (χ4v) is 4.07. The second kappa shape index (κ2) is 10.0. The van der Waals surface area contributed by atoms with Gasteiger partial charge in [-0.1, -0.05) is 84.9 Å². The lowest BCUT2D eigenvalue weighted by molar-refractivity contribution is 0.112.